The average molecular weight is 265 g/mol. The second-order valence-electron chi connectivity index (χ2n) is 4.89. The summed E-state index contributed by atoms with van der Waals surface area (Å²) in [6, 6.07) is 3.24. The van der Waals surface area contributed by atoms with Crippen molar-refractivity contribution in [2.75, 3.05) is 17.6 Å². The van der Waals surface area contributed by atoms with Crippen LogP contribution in [0.15, 0.2) is 12.1 Å². The fourth-order valence-electron chi connectivity index (χ4n) is 2.57. The maximum atomic E-state index is 10.7. The number of nitrogens with two attached hydrogens (primary N) is 2. The lowest BCUT2D eigenvalue weighted by atomic mass is 9.84. The van der Waals surface area contributed by atoms with E-state index in [0.29, 0.717) is 18.3 Å². The summed E-state index contributed by atoms with van der Waals surface area (Å²) in [7, 11) is 0. The van der Waals surface area contributed by atoms with Gasteiger partial charge < -0.3 is 16.8 Å². The molecule has 1 aromatic rings. The van der Waals surface area contributed by atoms with Crippen molar-refractivity contribution >= 4 is 17.3 Å². The van der Waals surface area contributed by atoms with Gasteiger partial charge in [-0.25, -0.2) is 4.98 Å². The summed E-state index contributed by atoms with van der Waals surface area (Å²) < 4.78 is 0. The Morgan fingerprint density at radius 2 is 2.16 bits per heavy atom. The van der Waals surface area contributed by atoms with Gasteiger partial charge in [0.05, 0.1) is 4.92 Å². The van der Waals surface area contributed by atoms with Crippen molar-refractivity contribution in [1.29, 1.82) is 0 Å². The van der Waals surface area contributed by atoms with Crippen LogP contribution in [0.2, 0.25) is 0 Å². The highest BCUT2D eigenvalue weighted by atomic mass is 16.6. The Labute approximate surface area is 111 Å². The zero-order valence-electron chi connectivity index (χ0n) is 10.7. The van der Waals surface area contributed by atoms with Crippen molar-refractivity contribution in [2.24, 2.45) is 11.7 Å². The molecule has 1 heterocycles. The van der Waals surface area contributed by atoms with E-state index in [0.717, 1.165) is 19.3 Å². The van der Waals surface area contributed by atoms with Crippen LogP contribution >= 0.6 is 0 Å². The normalized spacial score (nSPS) is 23.0. The zero-order chi connectivity index (χ0) is 13.8. The van der Waals surface area contributed by atoms with Gasteiger partial charge in [0.2, 0.25) is 5.82 Å². The van der Waals surface area contributed by atoms with Gasteiger partial charge in [-0.2, -0.15) is 0 Å². The number of nitrogen functional groups attached to an aromatic ring is 1. The lowest BCUT2D eigenvalue weighted by molar-refractivity contribution is -0.384. The van der Waals surface area contributed by atoms with Gasteiger partial charge in [0.15, 0.2) is 0 Å². The van der Waals surface area contributed by atoms with Crippen molar-refractivity contribution < 1.29 is 4.92 Å². The Bertz CT molecular complexity index is 465. The number of hydrogen-bond donors (Lipinski definition) is 3. The minimum Gasteiger partial charge on any atom is -0.378 e. The molecule has 7 heteroatoms. The van der Waals surface area contributed by atoms with Gasteiger partial charge in [-0.1, -0.05) is 12.8 Å². The molecule has 1 aliphatic carbocycles. The van der Waals surface area contributed by atoms with Crippen LogP contribution in [-0.2, 0) is 0 Å². The molecule has 19 heavy (non-hydrogen) atoms. The minimum absolute atomic E-state index is 0.0601. The summed E-state index contributed by atoms with van der Waals surface area (Å²) in [4.78, 5) is 14.2. The van der Waals surface area contributed by atoms with E-state index < -0.39 is 4.92 Å². The first-order chi connectivity index (χ1) is 9.11. The van der Waals surface area contributed by atoms with Crippen LogP contribution in [0.3, 0.4) is 0 Å². The maximum Gasteiger partial charge on any atom is 0.311 e. The largest absolute Gasteiger partial charge is 0.378 e. The van der Waals surface area contributed by atoms with Crippen LogP contribution in [0.5, 0.6) is 0 Å². The molecule has 1 fully saturated rings. The van der Waals surface area contributed by atoms with Gasteiger partial charge in [-0.05, 0) is 31.4 Å². The summed E-state index contributed by atoms with van der Waals surface area (Å²) in [5.41, 5.74) is 11.2. The fourth-order valence-corrected chi connectivity index (χ4v) is 2.57. The highest BCUT2D eigenvalue weighted by Gasteiger charge is 2.24. The molecule has 0 bridgehead atoms. The lowest BCUT2D eigenvalue weighted by Crippen LogP contribution is -2.37. The molecule has 1 saturated carbocycles. The number of nitrogens with one attached hydrogen (secondary N) is 1. The van der Waals surface area contributed by atoms with E-state index in [-0.39, 0.29) is 17.5 Å². The molecule has 7 nitrogen and oxygen atoms in total. The molecule has 1 aliphatic rings. The molecule has 1 aromatic heterocycles. The lowest BCUT2D eigenvalue weighted by Gasteiger charge is -2.31. The Morgan fingerprint density at radius 1 is 1.42 bits per heavy atom. The Kier molecular flexibility index (Phi) is 4.16. The predicted molar refractivity (Wildman–Crippen MR) is 73.7 cm³/mol. The van der Waals surface area contributed by atoms with Crippen molar-refractivity contribution in [3.8, 4) is 0 Å². The van der Waals surface area contributed by atoms with E-state index in [1.807, 2.05) is 0 Å². The highest BCUT2D eigenvalue weighted by molar-refractivity contribution is 5.57. The molecule has 0 radical (unpaired) electrons. The van der Waals surface area contributed by atoms with Gasteiger partial charge in [-0.3, -0.25) is 10.1 Å². The van der Waals surface area contributed by atoms with Crippen LogP contribution in [0.25, 0.3) is 0 Å². The number of anilines is 2. The van der Waals surface area contributed by atoms with E-state index in [2.05, 4.69) is 10.3 Å². The number of aromatic nitrogens is 1. The summed E-state index contributed by atoms with van der Waals surface area (Å²) in [5, 5.41) is 14.0. The van der Waals surface area contributed by atoms with Crippen LogP contribution in [0, 0.1) is 16.0 Å². The fraction of sp³-hybridized carbons (Fsp3) is 0.583. The van der Waals surface area contributed by atoms with Gasteiger partial charge >= 0.3 is 5.69 Å². The first-order valence-electron chi connectivity index (χ1n) is 6.49. The molecule has 0 aliphatic heterocycles. The average Bonchev–Trinajstić information content (AvgIpc) is 2.39. The quantitative estimate of drug-likeness (QED) is 0.560. The summed E-state index contributed by atoms with van der Waals surface area (Å²) >= 11 is 0. The van der Waals surface area contributed by atoms with Crippen molar-refractivity contribution in [2.45, 2.75) is 31.7 Å². The van der Waals surface area contributed by atoms with Crippen molar-refractivity contribution in [3.63, 3.8) is 0 Å². The van der Waals surface area contributed by atoms with Gasteiger partial charge in [0.1, 0.15) is 5.82 Å². The molecule has 104 valence electrons. The predicted octanol–water partition coefficient (Wildman–Crippen LogP) is 1.50. The van der Waals surface area contributed by atoms with Gasteiger partial charge in [0, 0.05) is 12.1 Å². The number of rotatable bonds is 4. The number of pyridine rings is 1. The van der Waals surface area contributed by atoms with Crippen LogP contribution in [0.1, 0.15) is 25.7 Å². The zero-order valence-corrected chi connectivity index (χ0v) is 10.7. The third kappa shape index (κ3) is 3.11. The molecule has 5 N–H and O–H groups in total. The standard InChI is InChI=1S/C12H19N5O2/c13-7-8-3-1-2-4-9(8)15-11-6-5-10(17(18)19)12(14)16-11/h5-6,8-9H,1-4,7,13H2,(H3,14,15,16). The van der Waals surface area contributed by atoms with Crippen LogP contribution < -0.4 is 16.8 Å². The van der Waals surface area contributed by atoms with Crippen molar-refractivity contribution in [1.82, 2.24) is 4.98 Å². The molecule has 0 amide bonds. The van der Waals surface area contributed by atoms with E-state index in [1.165, 1.54) is 12.5 Å². The van der Waals surface area contributed by atoms with Crippen LogP contribution in [-0.4, -0.2) is 22.5 Å². The maximum absolute atomic E-state index is 10.7. The molecule has 2 unspecified atom stereocenters. The summed E-state index contributed by atoms with van der Waals surface area (Å²) in [6.07, 6.45) is 4.52. The van der Waals surface area contributed by atoms with Crippen LogP contribution in [0.4, 0.5) is 17.3 Å². The molecular weight excluding hydrogens is 246 g/mol. The summed E-state index contributed by atoms with van der Waals surface area (Å²) in [5.74, 6) is 0.940. The highest BCUT2D eigenvalue weighted by Crippen LogP contribution is 2.27. The molecular formula is C12H19N5O2. The molecule has 2 rings (SSSR count). The van der Waals surface area contributed by atoms with Gasteiger partial charge in [0.25, 0.3) is 0 Å². The number of hydrogen-bond acceptors (Lipinski definition) is 6. The van der Waals surface area contributed by atoms with E-state index in [4.69, 9.17) is 11.5 Å². The third-order valence-electron chi connectivity index (χ3n) is 3.64. The number of nitro groups is 1. The molecule has 0 aromatic carbocycles. The molecule has 0 saturated heterocycles. The molecule has 0 spiro atoms. The second kappa shape index (κ2) is 5.83. The smallest absolute Gasteiger partial charge is 0.311 e. The van der Waals surface area contributed by atoms with E-state index in [1.54, 1.807) is 6.07 Å². The monoisotopic (exact) mass is 265 g/mol. The SMILES string of the molecule is NCC1CCCCC1Nc1ccc([N+](=O)[O-])c(N)n1. The van der Waals surface area contributed by atoms with E-state index in [9.17, 15) is 10.1 Å². The number of nitrogens with zero attached hydrogens (tertiary/aromatic N) is 2. The topological polar surface area (TPSA) is 120 Å². The Morgan fingerprint density at radius 3 is 2.79 bits per heavy atom. The Hall–Kier alpha value is -1.89. The van der Waals surface area contributed by atoms with E-state index >= 15 is 0 Å². The van der Waals surface area contributed by atoms with Gasteiger partial charge in [-0.15, -0.1) is 0 Å². The third-order valence-corrected chi connectivity index (χ3v) is 3.64. The Balaban J connectivity index is 2.10. The first-order valence-corrected chi connectivity index (χ1v) is 6.49. The molecule has 2 atom stereocenters. The summed E-state index contributed by atoms with van der Waals surface area (Å²) in [6.45, 7) is 0.639. The second-order valence-corrected chi connectivity index (χ2v) is 4.89. The van der Waals surface area contributed by atoms with Crippen molar-refractivity contribution in [3.05, 3.63) is 22.2 Å². The first kappa shape index (κ1) is 13.5. The minimum atomic E-state index is -0.532.